The van der Waals surface area contributed by atoms with Crippen LogP contribution in [-0.4, -0.2) is 9.97 Å². The maximum Gasteiger partial charge on any atom is 0.166 e. The molecule has 0 atom stereocenters. The molecule has 0 saturated heterocycles. The number of benzene rings is 4. The molecule has 7 aromatic rings. The van der Waals surface area contributed by atoms with E-state index in [-0.39, 0.29) is 20.1 Å². The smallest absolute Gasteiger partial charge is 0.166 e. The van der Waals surface area contributed by atoms with Crippen LogP contribution in [0.2, 0.25) is 0 Å². The number of para-hydroxylation sites is 3. The number of aromatic nitrogens is 2. The van der Waals surface area contributed by atoms with Gasteiger partial charge in [0.2, 0.25) is 0 Å². The van der Waals surface area contributed by atoms with Crippen molar-refractivity contribution in [3.63, 3.8) is 0 Å². The Balaban J connectivity index is 0.000000141. The molecule has 0 amide bonds. The molecule has 6 heteroatoms. The fourth-order valence-electron chi connectivity index (χ4n) is 4.59. The standard InChI is InChI=1S/C17H10NO2.C17H10NO.Ir/c1-2-9-15-14(8-1)19-16-10-5-6-12(17(16)20-15)13-7-3-4-11-18-13;1-2-10-16-12(6-1)13-7-5-8-14(17(13)19-16)15-9-3-4-11-18-15;/h1-5,7-11H;1-7,9-11H;/q2*-1;. The van der Waals surface area contributed by atoms with Gasteiger partial charge in [-0.3, -0.25) is 0 Å². The Hall–Kier alpha value is -4.77. The fraction of sp³-hybridized carbons (Fsp3) is 0. The van der Waals surface area contributed by atoms with Gasteiger partial charge in [0.15, 0.2) is 11.5 Å². The first-order chi connectivity index (χ1) is 19.3. The third kappa shape index (κ3) is 4.75. The average Bonchev–Trinajstić information content (AvgIpc) is 3.40. The first kappa shape index (κ1) is 25.5. The molecular formula is C34H20IrN2O3-2. The number of nitrogens with zero attached hydrogens (tertiary/aromatic N) is 2. The van der Waals surface area contributed by atoms with Crippen LogP contribution in [0.15, 0.2) is 126 Å². The Morgan fingerprint density at radius 3 is 1.90 bits per heavy atom. The SMILES string of the molecule is [Ir].[c-]1ccc2c(c1-c1ccccn1)Oc1ccccc1O2.[c-]1ccc2c(oc3ccccc32)c1-c1ccccn1. The predicted molar refractivity (Wildman–Crippen MR) is 151 cm³/mol. The van der Waals surface area contributed by atoms with Gasteiger partial charge in [-0.15, -0.1) is 30.3 Å². The van der Waals surface area contributed by atoms with Crippen molar-refractivity contribution in [2.75, 3.05) is 0 Å². The number of hydrogen-bond donors (Lipinski definition) is 0. The zero-order chi connectivity index (χ0) is 26.0. The van der Waals surface area contributed by atoms with Crippen LogP contribution in [0.3, 0.4) is 0 Å². The fourth-order valence-corrected chi connectivity index (χ4v) is 4.59. The van der Waals surface area contributed by atoms with Crippen LogP contribution >= 0.6 is 0 Å². The molecule has 1 aliphatic rings. The van der Waals surface area contributed by atoms with Crippen LogP contribution in [0, 0.1) is 12.1 Å². The molecule has 0 spiro atoms. The van der Waals surface area contributed by atoms with Gasteiger partial charge in [0.25, 0.3) is 0 Å². The summed E-state index contributed by atoms with van der Waals surface area (Å²) in [5.74, 6) is 2.77. The van der Waals surface area contributed by atoms with Crippen LogP contribution in [0.4, 0.5) is 0 Å². The largest absolute Gasteiger partial charge is 0.501 e. The molecule has 1 aliphatic heterocycles. The van der Waals surface area contributed by atoms with E-state index in [2.05, 4.69) is 28.2 Å². The monoisotopic (exact) mass is 697 g/mol. The summed E-state index contributed by atoms with van der Waals surface area (Å²) in [5.41, 5.74) is 5.16. The molecule has 0 bridgehead atoms. The molecule has 4 heterocycles. The third-order valence-electron chi connectivity index (χ3n) is 6.38. The molecule has 4 aromatic carbocycles. The Bertz CT molecular complexity index is 1920. The summed E-state index contributed by atoms with van der Waals surface area (Å²) in [7, 11) is 0. The van der Waals surface area contributed by atoms with Crippen molar-refractivity contribution in [3.05, 3.63) is 134 Å². The Kier molecular flexibility index (Phi) is 7.11. The topological polar surface area (TPSA) is 57.4 Å². The van der Waals surface area contributed by atoms with Crippen molar-refractivity contribution in [1.82, 2.24) is 9.97 Å². The van der Waals surface area contributed by atoms with Crippen molar-refractivity contribution in [3.8, 4) is 45.5 Å². The number of pyridine rings is 2. The molecule has 5 nitrogen and oxygen atoms in total. The van der Waals surface area contributed by atoms with E-state index in [0.29, 0.717) is 17.2 Å². The van der Waals surface area contributed by atoms with Gasteiger partial charge in [0, 0.05) is 37.9 Å². The minimum absolute atomic E-state index is 0. The van der Waals surface area contributed by atoms with Gasteiger partial charge in [-0.2, -0.15) is 0 Å². The first-order valence-electron chi connectivity index (χ1n) is 12.5. The summed E-state index contributed by atoms with van der Waals surface area (Å²) in [6.07, 6.45) is 3.53. The second-order valence-corrected chi connectivity index (χ2v) is 8.82. The molecule has 0 N–H and O–H groups in total. The van der Waals surface area contributed by atoms with Crippen LogP contribution in [0.25, 0.3) is 44.5 Å². The average molecular weight is 697 g/mol. The summed E-state index contributed by atoms with van der Waals surface area (Å²) in [6.45, 7) is 0. The van der Waals surface area contributed by atoms with Crippen molar-refractivity contribution in [2.24, 2.45) is 0 Å². The number of ether oxygens (including phenoxy) is 2. The van der Waals surface area contributed by atoms with E-state index in [9.17, 15) is 0 Å². The van der Waals surface area contributed by atoms with Crippen molar-refractivity contribution in [2.45, 2.75) is 0 Å². The number of rotatable bonds is 2. The van der Waals surface area contributed by atoms with Gasteiger partial charge < -0.3 is 23.9 Å². The van der Waals surface area contributed by atoms with E-state index in [0.717, 1.165) is 50.2 Å². The zero-order valence-corrected chi connectivity index (χ0v) is 23.4. The number of furan rings is 1. The summed E-state index contributed by atoms with van der Waals surface area (Å²) >= 11 is 0. The van der Waals surface area contributed by atoms with E-state index >= 15 is 0 Å². The number of fused-ring (bicyclic) bond motifs is 5. The van der Waals surface area contributed by atoms with Gasteiger partial charge >= 0.3 is 0 Å². The molecule has 40 heavy (non-hydrogen) atoms. The van der Waals surface area contributed by atoms with Gasteiger partial charge in [0.1, 0.15) is 5.58 Å². The van der Waals surface area contributed by atoms with Crippen molar-refractivity contribution < 1.29 is 34.0 Å². The molecule has 0 fully saturated rings. The molecule has 8 rings (SSSR count). The number of hydrogen-bond acceptors (Lipinski definition) is 5. The van der Waals surface area contributed by atoms with E-state index in [1.54, 1.807) is 12.4 Å². The summed E-state index contributed by atoms with van der Waals surface area (Å²) in [5, 5.41) is 2.23. The van der Waals surface area contributed by atoms with Gasteiger partial charge in [0.05, 0.1) is 17.1 Å². The third-order valence-corrected chi connectivity index (χ3v) is 6.38. The molecule has 3 aromatic heterocycles. The molecular weight excluding hydrogens is 677 g/mol. The predicted octanol–water partition coefficient (Wildman–Crippen LogP) is 8.89. The van der Waals surface area contributed by atoms with E-state index < -0.39 is 0 Å². The summed E-state index contributed by atoms with van der Waals surface area (Å²) < 4.78 is 17.8. The maximum absolute atomic E-state index is 5.97. The Labute approximate surface area is 244 Å². The normalized spacial score (nSPS) is 11.2. The Morgan fingerprint density at radius 2 is 1.15 bits per heavy atom. The van der Waals surface area contributed by atoms with E-state index in [1.807, 2.05) is 103 Å². The van der Waals surface area contributed by atoms with Gasteiger partial charge in [-0.25, -0.2) is 0 Å². The zero-order valence-electron chi connectivity index (χ0n) is 21.0. The van der Waals surface area contributed by atoms with Crippen molar-refractivity contribution >= 4 is 21.9 Å². The quantitative estimate of drug-likeness (QED) is 0.169. The summed E-state index contributed by atoms with van der Waals surface area (Å²) in [6, 6.07) is 41.3. The second-order valence-electron chi connectivity index (χ2n) is 8.82. The van der Waals surface area contributed by atoms with Gasteiger partial charge in [-0.05, 0) is 41.7 Å². The Morgan fingerprint density at radius 1 is 0.525 bits per heavy atom. The van der Waals surface area contributed by atoms with Crippen molar-refractivity contribution in [1.29, 1.82) is 0 Å². The van der Waals surface area contributed by atoms with E-state index in [4.69, 9.17) is 13.9 Å². The minimum atomic E-state index is 0. The molecule has 1 radical (unpaired) electrons. The molecule has 0 saturated carbocycles. The van der Waals surface area contributed by atoms with Crippen LogP contribution in [-0.2, 0) is 20.1 Å². The second kappa shape index (κ2) is 11.1. The molecule has 0 aliphatic carbocycles. The maximum atomic E-state index is 5.97. The van der Waals surface area contributed by atoms with E-state index in [1.165, 1.54) is 0 Å². The van der Waals surface area contributed by atoms with Gasteiger partial charge in [-0.1, -0.05) is 77.2 Å². The molecule has 0 unspecified atom stereocenters. The summed E-state index contributed by atoms with van der Waals surface area (Å²) in [4.78, 5) is 8.72. The molecule has 195 valence electrons. The minimum Gasteiger partial charge on any atom is -0.501 e. The first-order valence-corrected chi connectivity index (χ1v) is 12.5. The van der Waals surface area contributed by atoms with Crippen LogP contribution < -0.4 is 9.47 Å². The van der Waals surface area contributed by atoms with Crippen LogP contribution in [0.1, 0.15) is 0 Å². The van der Waals surface area contributed by atoms with Crippen LogP contribution in [0.5, 0.6) is 23.0 Å².